The SMILES string of the molecule is COc1cccc2cc3c(nc12)N(C(=O)c1cccc(F)c1)CC3. The van der Waals surface area contributed by atoms with E-state index in [1.807, 2.05) is 24.3 Å². The molecule has 5 heteroatoms. The number of rotatable bonds is 2. The first-order chi connectivity index (χ1) is 11.7. The average Bonchev–Trinajstić information content (AvgIpc) is 3.01. The molecule has 4 rings (SSSR count). The molecule has 120 valence electrons. The molecule has 0 radical (unpaired) electrons. The molecule has 2 heterocycles. The summed E-state index contributed by atoms with van der Waals surface area (Å²) in [4.78, 5) is 19.0. The van der Waals surface area contributed by atoms with Gasteiger partial charge in [0.05, 0.1) is 7.11 Å². The van der Waals surface area contributed by atoms with Gasteiger partial charge in [0.25, 0.3) is 5.91 Å². The van der Waals surface area contributed by atoms with Gasteiger partial charge in [-0.1, -0.05) is 18.2 Å². The summed E-state index contributed by atoms with van der Waals surface area (Å²) < 4.78 is 18.8. The van der Waals surface area contributed by atoms with Crippen LogP contribution < -0.4 is 9.64 Å². The lowest BCUT2D eigenvalue weighted by atomic mass is 10.1. The summed E-state index contributed by atoms with van der Waals surface area (Å²) >= 11 is 0. The number of amides is 1. The third kappa shape index (κ3) is 2.29. The molecular weight excluding hydrogens is 307 g/mol. The molecule has 0 saturated carbocycles. The highest BCUT2D eigenvalue weighted by Gasteiger charge is 2.28. The monoisotopic (exact) mass is 322 g/mol. The number of carbonyl (C=O) groups is 1. The third-order valence-electron chi connectivity index (χ3n) is 4.26. The number of nitrogens with zero attached hydrogens (tertiary/aromatic N) is 2. The van der Waals surface area contributed by atoms with Crippen molar-refractivity contribution in [3.63, 3.8) is 0 Å². The van der Waals surface area contributed by atoms with E-state index in [0.717, 1.165) is 22.9 Å². The van der Waals surface area contributed by atoms with E-state index in [9.17, 15) is 9.18 Å². The molecular formula is C19H15FN2O2. The van der Waals surface area contributed by atoms with Gasteiger partial charge in [-0.15, -0.1) is 0 Å². The molecule has 0 bridgehead atoms. The minimum absolute atomic E-state index is 0.241. The van der Waals surface area contributed by atoms with Crippen molar-refractivity contribution in [1.82, 2.24) is 4.98 Å². The minimum Gasteiger partial charge on any atom is -0.494 e. The number of benzene rings is 2. The van der Waals surface area contributed by atoms with Gasteiger partial charge in [-0.25, -0.2) is 9.37 Å². The van der Waals surface area contributed by atoms with Crippen LogP contribution in [0, 0.1) is 5.82 Å². The molecule has 0 atom stereocenters. The summed E-state index contributed by atoms with van der Waals surface area (Å²) in [6.07, 6.45) is 0.733. The summed E-state index contributed by atoms with van der Waals surface area (Å²) in [5.74, 6) is 0.630. The van der Waals surface area contributed by atoms with Gasteiger partial charge in [0.1, 0.15) is 22.9 Å². The summed E-state index contributed by atoms with van der Waals surface area (Å²) in [6.45, 7) is 0.538. The number of hydrogen-bond acceptors (Lipinski definition) is 3. The van der Waals surface area contributed by atoms with Gasteiger partial charge in [-0.2, -0.15) is 0 Å². The predicted molar refractivity (Wildman–Crippen MR) is 90.1 cm³/mol. The van der Waals surface area contributed by atoms with Crippen molar-refractivity contribution in [2.45, 2.75) is 6.42 Å². The molecule has 1 amide bonds. The number of para-hydroxylation sites is 1. The van der Waals surface area contributed by atoms with E-state index >= 15 is 0 Å². The second-order valence-electron chi connectivity index (χ2n) is 5.72. The van der Waals surface area contributed by atoms with Crippen molar-refractivity contribution in [3.8, 4) is 5.75 Å². The standard InChI is InChI=1S/C19H15FN2O2/c1-24-16-7-3-4-12-10-13-8-9-22(18(13)21-17(12)16)19(23)14-5-2-6-15(20)11-14/h2-7,10-11H,8-9H2,1H3. The van der Waals surface area contributed by atoms with Crippen molar-refractivity contribution in [2.24, 2.45) is 0 Å². The fourth-order valence-electron chi connectivity index (χ4n) is 3.10. The zero-order chi connectivity index (χ0) is 16.7. The predicted octanol–water partition coefficient (Wildman–Crippen LogP) is 3.59. The number of carbonyl (C=O) groups excluding carboxylic acids is 1. The van der Waals surface area contributed by atoms with Crippen LogP contribution in [0.5, 0.6) is 5.75 Å². The lowest BCUT2D eigenvalue weighted by molar-refractivity contribution is 0.0988. The lowest BCUT2D eigenvalue weighted by Crippen LogP contribution is -2.29. The number of ether oxygens (including phenoxy) is 1. The van der Waals surface area contributed by atoms with Crippen LogP contribution in [-0.4, -0.2) is 24.5 Å². The molecule has 1 aliphatic heterocycles. The second-order valence-corrected chi connectivity index (χ2v) is 5.72. The first-order valence-electron chi connectivity index (χ1n) is 7.71. The van der Waals surface area contributed by atoms with Gasteiger partial charge in [0, 0.05) is 17.5 Å². The van der Waals surface area contributed by atoms with Crippen LogP contribution in [0.4, 0.5) is 10.2 Å². The van der Waals surface area contributed by atoms with E-state index < -0.39 is 5.82 Å². The molecule has 24 heavy (non-hydrogen) atoms. The lowest BCUT2D eigenvalue weighted by Gasteiger charge is -2.17. The van der Waals surface area contributed by atoms with Gasteiger partial charge in [0.15, 0.2) is 0 Å². The van der Waals surface area contributed by atoms with Crippen molar-refractivity contribution in [1.29, 1.82) is 0 Å². The zero-order valence-corrected chi connectivity index (χ0v) is 13.1. The molecule has 3 aromatic rings. The smallest absolute Gasteiger partial charge is 0.259 e. The maximum atomic E-state index is 13.4. The Labute approximate surface area is 138 Å². The highest BCUT2D eigenvalue weighted by Crippen LogP contribution is 2.33. The third-order valence-corrected chi connectivity index (χ3v) is 4.26. The fourth-order valence-corrected chi connectivity index (χ4v) is 3.10. The van der Waals surface area contributed by atoms with Gasteiger partial charge < -0.3 is 4.74 Å². The number of hydrogen-bond donors (Lipinski definition) is 0. The molecule has 4 nitrogen and oxygen atoms in total. The van der Waals surface area contributed by atoms with Gasteiger partial charge >= 0.3 is 0 Å². The molecule has 1 aromatic heterocycles. The van der Waals surface area contributed by atoms with Crippen molar-refractivity contribution in [2.75, 3.05) is 18.6 Å². The number of halogens is 1. The van der Waals surface area contributed by atoms with E-state index in [1.165, 1.54) is 18.2 Å². The molecule has 0 saturated heterocycles. The number of pyridine rings is 1. The van der Waals surface area contributed by atoms with Gasteiger partial charge in [0.2, 0.25) is 0 Å². The second kappa shape index (κ2) is 5.60. The van der Waals surface area contributed by atoms with Gasteiger partial charge in [-0.05, 0) is 42.3 Å². The van der Waals surface area contributed by atoms with Crippen LogP contribution in [0.2, 0.25) is 0 Å². The first kappa shape index (κ1) is 14.6. The van der Waals surface area contributed by atoms with Crippen molar-refractivity contribution < 1.29 is 13.9 Å². The molecule has 0 aliphatic carbocycles. The zero-order valence-electron chi connectivity index (χ0n) is 13.1. The summed E-state index contributed by atoms with van der Waals surface area (Å²) in [5, 5.41) is 0.980. The maximum absolute atomic E-state index is 13.4. The van der Waals surface area contributed by atoms with E-state index in [-0.39, 0.29) is 5.91 Å². The summed E-state index contributed by atoms with van der Waals surface area (Å²) in [6, 6.07) is 13.5. The Hall–Kier alpha value is -2.95. The van der Waals surface area contributed by atoms with Crippen molar-refractivity contribution in [3.05, 3.63) is 65.5 Å². The minimum atomic E-state index is -0.423. The number of anilines is 1. The van der Waals surface area contributed by atoms with Crippen LogP contribution in [0.3, 0.4) is 0 Å². The molecule has 0 fully saturated rings. The number of fused-ring (bicyclic) bond motifs is 2. The quantitative estimate of drug-likeness (QED) is 0.724. The van der Waals surface area contributed by atoms with E-state index in [0.29, 0.717) is 23.7 Å². The van der Waals surface area contributed by atoms with Crippen LogP contribution >= 0.6 is 0 Å². The Morgan fingerprint density at radius 2 is 2.04 bits per heavy atom. The van der Waals surface area contributed by atoms with Gasteiger partial charge in [-0.3, -0.25) is 9.69 Å². The normalized spacial score (nSPS) is 13.2. The highest BCUT2D eigenvalue weighted by atomic mass is 19.1. The van der Waals surface area contributed by atoms with E-state index in [1.54, 1.807) is 18.1 Å². The van der Waals surface area contributed by atoms with Crippen LogP contribution in [-0.2, 0) is 6.42 Å². The first-order valence-corrected chi connectivity index (χ1v) is 7.71. The topological polar surface area (TPSA) is 42.4 Å². The van der Waals surface area contributed by atoms with Crippen LogP contribution in [0.25, 0.3) is 10.9 Å². The number of aromatic nitrogens is 1. The maximum Gasteiger partial charge on any atom is 0.259 e. The molecule has 0 N–H and O–H groups in total. The van der Waals surface area contributed by atoms with Crippen molar-refractivity contribution >= 4 is 22.6 Å². The fraction of sp³-hybridized carbons (Fsp3) is 0.158. The summed E-state index contributed by atoms with van der Waals surface area (Å²) in [5.41, 5.74) is 2.06. The molecule has 1 aliphatic rings. The number of methoxy groups -OCH3 is 1. The highest BCUT2D eigenvalue weighted by molar-refractivity contribution is 6.07. The largest absolute Gasteiger partial charge is 0.494 e. The Morgan fingerprint density at radius 3 is 2.83 bits per heavy atom. The Kier molecular flexibility index (Phi) is 3.41. The molecule has 2 aromatic carbocycles. The van der Waals surface area contributed by atoms with E-state index in [2.05, 4.69) is 4.98 Å². The van der Waals surface area contributed by atoms with E-state index in [4.69, 9.17) is 4.74 Å². The van der Waals surface area contributed by atoms with Crippen LogP contribution in [0.1, 0.15) is 15.9 Å². The Balaban J connectivity index is 1.80. The molecule has 0 unspecified atom stereocenters. The van der Waals surface area contributed by atoms with Crippen LogP contribution in [0.15, 0.2) is 48.5 Å². The Bertz CT molecular complexity index is 955. The Morgan fingerprint density at radius 1 is 1.21 bits per heavy atom. The molecule has 0 spiro atoms. The average molecular weight is 322 g/mol. The summed E-state index contributed by atoms with van der Waals surface area (Å²) in [7, 11) is 1.60.